The Bertz CT molecular complexity index is 150. The number of ether oxygens (including phenoxy) is 2. The minimum atomic E-state index is -0.273. The SMILES string of the molecule is CCC(S)(CC)OCCOCCN(C)C. The lowest BCUT2D eigenvalue weighted by Gasteiger charge is -2.26. The first-order chi connectivity index (χ1) is 7.04. The van der Waals surface area contributed by atoms with Gasteiger partial charge < -0.3 is 14.4 Å². The van der Waals surface area contributed by atoms with Crippen molar-refractivity contribution in [1.82, 2.24) is 4.90 Å². The number of hydrogen-bond acceptors (Lipinski definition) is 4. The van der Waals surface area contributed by atoms with Crippen molar-refractivity contribution in [2.75, 3.05) is 40.5 Å². The Morgan fingerprint density at radius 2 is 1.67 bits per heavy atom. The van der Waals surface area contributed by atoms with Crippen LogP contribution in [0.25, 0.3) is 0 Å². The smallest absolute Gasteiger partial charge is 0.110 e. The zero-order chi connectivity index (χ0) is 11.7. The van der Waals surface area contributed by atoms with E-state index in [4.69, 9.17) is 9.47 Å². The lowest BCUT2D eigenvalue weighted by atomic mass is 10.2. The summed E-state index contributed by atoms with van der Waals surface area (Å²) < 4.78 is 11.1. The van der Waals surface area contributed by atoms with Crippen LogP contribution in [0.1, 0.15) is 26.7 Å². The molecular formula is C11H25NO2S. The van der Waals surface area contributed by atoms with Crippen LogP contribution in [0.15, 0.2) is 0 Å². The van der Waals surface area contributed by atoms with Crippen LogP contribution in [-0.2, 0) is 9.47 Å². The van der Waals surface area contributed by atoms with Gasteiger partial charge >= 0.3 is 0 Å². The molecule has 0 atom stereocenters. The van der Waals surface area contributed by atoms with Gasteiger partial charge in [-0.15, -0.1) is 12.6 Å². The fourth-order valence-corrected chi connectivity index (χ4v) is 1.19. The Hall–Kier alpha value is 0.230. The number of thiol groups is 1. The van der Waals surface area contributed by atoms with E-state index in [9.17, 15) is 0 Å². The van der Waals surface area contributed by atoms with Crippen molar-refractivity contribution in [3.63, 3.8) is 0 Å². The van der Waals surface area contributed by atoms with Gasteiger partial charge in [0, 0.05) is 6.54 Å². The highest BCUT2D eigenvalue weighted by atomic mass is 32.1. The molecule has 0 bridgehead atoms. The lowest BCUT2D eigenvalue weighted by molar-refractivity contribution is -0.0176. The molecule has 0 saturated carbocycles. The van der Waals surface area contributed by atoms with Crippen molar-refractivity contribution < 1.29 is 9.47 Å². The monoisotopic (exact) mass is 235 g/mol. The van der Waals surface area contributed by atoms with E-state index < -0.39 is 0 Å². The first-order valence-electron chi connectivity index (χ1n) is 5.63. The summed E-state index contributed by atoms with van der Waals surface area (Å²) in [5.41, 5.74) is 0. The van der Waals surface area contributed by atoms with Gasteiger partial charge in [0.2, 0.25) is 0 Å². The molecule has 0 heterocycles. The molecule has 0 aliphatic heterocycles. The topological polar surface area (TPSA) is 21.7 Å². The summed E-state index contributed by atoms with van der Waals surface area (Å²) in [6.07, 6.45) is 1.84. The normalized spacial score (nSPS) is 12.4. The Morgan fingerprint density at radius 1 is 1.07 bits per heavy atom. The molecule has 0 aliphatic carbocycles. The van der Waals surface area contributed by atoms with Crippen molar-refractivity contribution in [1.29, 1.82) is 0 Å². The van der Waals surface area contributed by atoms with Gasteiger partial charge in [-0.25, -0.2) is 0 Å². The van der Waals surface area contributed by atoms with Gasteiger partial charge in [-0.2, -0.15) is 0 Å². The van der Waals surface area contributed by atoms with Crippen molar-refractivity contribution in [3.05, 3.63) is 0 Å². The van der Waals surface area contributed by atoms with Gasteiger partial charge in [0.05, 0.1) is 19.8 Å². The molecule has 4 heteroatoms. The summed E-state index contributed by atoms with van der Waals surface area (Å²) in [7, 11) is 4.07. The second-order valence-corrected chi connectivity index (χ2v) is 4.73. The van der Waals surface area contributed by atoms with Gasteiger partial charge in [-0.05, 0) is 26.9 Å². The maximum atomic E-state index is 5.66. The molecular weight excluding hydrogens is 210 g/mol. The van der Waals surface area contributed by atoms with E-state index in [1.54, 1.807) is 0 Å². The average molecular weight is 235 g/mol. The van der Waals surface area contributed by atoms with Crippen LogP contribution in [0, 0.1) is 0 Å². The predicted octanol–water partition coefficient (Wildman–Crippen LogP) is 2.03. The molecule has 0 amide bonds. The second kappa shape index (κ2) is 8.39. The van der Waals surface area contributed by atoms with Crippen molar-refractivity contribution in [2.24, 2.45) is 0 Å². The molecule has 0 aliphatic rings. The van der Waals surface area contributed by atoms with E-state index in [2.05, 4.69) is 31.4 Å². The van der Waals surface area contributed by atoms with Crippen LogP contribution in [0.5, 0.6) is 0 Å². The summed E-state index contributed by atoms with van der Waals surface area (Å²) in [6.45, 7) is 7.16. The van der Waals surface area contributed by atoms with Crippen LogP contribution < -0.4 is 0 Å². The maximum Gasteiger partial charge on any atom is 0.110 e. The largest absolute Gasteiger partial charge is 0.378 e. The summed E-state index contributed by atoms with van der Waals surface area (Å²) >= 11 is 4.49. The van der Waals surface area contributed by atoms with Crippen LogP contribution in [0.2, 0.25) is 0 Å². The third kappa shape index (κ3) is 8.08. The van der Waals surface area contributed by atoms with Gasteiger partial charge in [0.25, 0.3) is 0 Å². The predicted molar refractivity (Wildman–Crippen MR) is 67.6 cm³/mol. The summed E-state index contributed by atoms with van der Waals surface area (Å²) in [6, 6.07) is 0. The highest BCUT2D eigenvalue weighted by molar-refractivity contribution is 7.81. The molecule has 0 saturated heterocycles. The van der Waals surface area contributed by atoms with Crippen LogP contribution in [-0.4, -0.2) is 50.3 Å². The van der Waals surface area contributed by atoms with E-state index in [1.807, 2.05) is 14.1 Å². The van der Waals surface area contributed by atoms with Gasteiger partial charge in [-0.1, -0.05) is 13.8 Å². The van der Waals surface area contributed by atoms with Gasteiger partial charge in [0.1, 0.15) is 4.93 Å². The Morgan fingerprint density at radius 3 is 2.13 bits per heavy atom. The lowest BCUT2D eigenvalue weighted by Crippen LogP contribution is -2.26. The van der Waals surface area contributed by atoms with Gasteiger partial charge in [-0.3, -0.25) is 0 Å². The minimum absolute atomic E-state index is 0.273. The number of rotatable bonds is 9. The zero-order valence-corrected chi connectivity index (χ0v) is 11.3. The molecule has 0 aromatic carbocycles. The third-order valence-electron chi connectivity index (χ3n) is 2.39. The standard InChI is InChI=1S/C11H25NO2S/c1-5-11(15,6-2)14-10-9-13-8-7-12(3)4/h15H,5-10H2,1-4H3. The number of hydrogen-bond donors (Lipinski definition) is 1. The van der Waals surface area contributed by atoms with E-state index in [-0.39, 0.29) is 4.93 Å². The Balaban J connectivity index is 3.37. The van der Waals surface area contributed by atoms with Gasteiger partial charge in [0.15, 0.2) is 0 Å². The molecule has 92 valence electrons. The maximum absolute atomic E-state index is 5.66. The fraction of sp³-hybridized carbons (Fsp3) is 1.00. The molecule has 0 N–H and O–H groups in total. The summed E-state index contributed by atoms with van der Waals surface area (Å²) in [5, 5.41) is 0. The van der Waals surface area contributed by atoms with Crippen molar-refractivity contribution in [2.45, 2.75) is 31.6 Å². The first-order valence-corrected chi connectivity index (χ1v) is 6.07. The molecule has 0 rings (SSSR count). The molecule has 0 fully saturated rings. The number of likely N-dealkylation sites (N-methyl/N-ethyl adjacent to an activating group) is 1. The zero-order valence-electron chi connectivity index (χ0n) is 10.5. The molecule has 0 spiro atoms. The fourth-order valence-electron chi connectivity index (χ4n) is 1.09. The minimum Gasteiger partial charge on any atom is -0.378 e. The summed E-state index contributed by atoms with van der Waals surface area (Å²) in [4.78, 5) is 1.83. The second-order valence-electron chi connectivity index (χ2n) is 3.92. The molecule has 0 aromatic rings. The molecule has 15 heavy (non-hydrogen) atoms. The van der Waals surface area contributed by atoms with Crippen LogP contribution in [0.3, 0.4) is 0 Å². The van der Waals surface area contributed by atoms with Crippen molar-refractivity contribution >= 4 is 12.6 Å². The Labute approximate surface area is 99.5 Å². The number of nitrogens with zero attached hydrogens (tertiary/aromatic N) is 1. The summed E-state index contributed by atoms with van der Waals surface area (Å²) in [5.74, 6) is 0. The van der Waals surface area contributed by atoms with Crippen molar-refractivity contribution in [3.8, 4) is 0 Å². The Kier molecular flexibility index (Phi) is 8.52. The quantitative estimate of drug-likeness (QED) is 0.375. The van der Waals surface area contributed by atoms with E-state index >= 15 is 0 Å². The highest BCUT2D eigenvalue weighted by Crippen LogP contribution is 2.24. The third-order valence-corrected chi connectivity index (χ3v) is 3.15. The molecule has 0 radical (unpaired) electrons. The molecule has 0 unspecified atom stereocenters. The average Bonchev–Trinajstić information content (AvgIpc) is 2.22. The van der Waals surface area contributed by atoms with Crippen LogP contribution in [0.4, 0.5) is 0 Å². The highest BCUT2D eigenvalue weighted by Gasteiger charge is 2.20. The first kappa shape index (κ1) is 15.2. The van der Waals surface area contributed by atoms with E-state index in [0.717, 1.165) is 26.0 Å². The van der Waals surface area contributed by atoms with Crippen LogP contribution >= 0.6 is 12.6 Å². The molecule has 0 aromatic heterocycles. The van der Waals surface area contributed by atoms with E-state index in [1.165, 1.54) is 0 Å². The molecule has 3 nitrogen and oxygen atoms in total. The van der Waals surface area contributed by atoms with E-state index in [0.29, 0.717) is 13.2 Å².